The van der Waals surface area contributed by atoms with E-state index in [1.165, 1.54) is 18.0 Å². The number of aromatic nitrogens is 10. The Morgan fingerprint density at radius 3 is 1.56 bits per heavy atom. The Hall–Kier alpha value is -6.26. The first-order valence-corrected chi connectivity index (χ1v) is 18.1. The zero-order valence-corrected chi connectivity index (χ0v) is 28.3. The van der Waals surface area contributed by atoms with Crippen LogP contribution in [-0.2, 0) is 9.84 Å². The fourth-order valence-electron chi connectivity index (χ4n) is 5.20. The molecule has 6 heterocycles. The van der Waals surface area contributed by atoms with Gasteiger partial charge in [0, 0.05) is 42.2 Å². The Kier molecular flexibility index (Phi) is 8.61. The number of nitrogens with two attached hydrogens (primary N) is 2. The summed E-state index contributed by atoms with van der Waals surface area (Å²) in [5.74, 6) is 1.73. The predicted molar refractivity (Wildman–Crippen MR) is 193 cm³/mol. The van der Waals surface area contributed by atoms with Crippen LogP contribution in [0.5, 0.6) is 0 Å². The first kappa shape index (κ1) is 32.3. The lowest BCUT2D eigenvalue weighted by molar-refractivity contribution is 0.593. The molecule has 16 heteroatoms. The molecule has 4 N–H and O–H groups in total. The quantitative estimate of drug-likeness (QED) is 0.174. The van der Waals surface area contributed by atoms with Crippen molar-refractivity contribution in [3.63, 3.8) is 0 Å². The van der Waals surface area contributed by atoms with Gasteiger partial charge in [0.15, 0.2) is 5.16 Å². The van der Waals surface area contributed by atoms with Crippen LogP contribution in [0.2, 0.25) is 0 Å². The van der Waals surface area contributed by atoms with Gasteiger partial charge in [-0.05, 0) is 30.5 Å². The molecule has 0 saturated heterocycles. The number of fused-ring (bicyclic) bond motifs is 2. The average Bonchev–Trinajstić information content (AvgIpc) is 3.71. The molecule has 0 radical (unpaired) electrons. The summed E-state index contributed by atoms with van der Waals surface area (Å²) in [5.41, 5.74) is 17.6. The molecule has 8 rings (SSSR count). The molecule has 8 aromatic rings. The highest BCUT2D eigenvalue weighted by Crippen LogP contribution is 2.33. The monoisotopic (exact) mass is 700 g/mol. The van der Waals surface area contributed by atoms with Gasteiger partial charge in [0.1, 0.15) is 34.4 Å². The number of rotatable bonds is 6. The van der Waals surface area contributed by atoms with E-state index in [9.17, 15) is 8.42 Å². The summed E-state index contributed by atoms with van der Waals surface area (Å²) < 4.78 is 27.3. The molecular weight excluding hydrogens is 673 g/mol. The van der Waals surface area contributed by atoms with Crippen LogP contribution in [-0.4, -0.2) is 69.6 Å². The Morgan fingerprint density at radius 2 is 1.08 bits per heavy atom. The first-order valence-electron chi connectivity index (χ1n) is 15.0. The van der Waals surface area contributed by atoms with Gasteiger partial charge < -0.3 is 11.5 Å². The summed E-state index contributed by atoms with van der Waals surface area (Å²) in [6.07, 6.45) is 9.79. The van der Waals surface area contributed by atoms with Crippen molar-refractivity contribution in [2.24, 2.45) is 0 Å². The molecule has 0 amide bonds. The van der Waals surface area contributed by atoms with E-state index in [1.807, 2.05) is 83.6 Å². The summed E-state index contributed by atoms with van der Waals surface area (Å²) in [6, 6.07) is 26.4. The van der Waals surface area contributed by atoms with Crippen LogP contribution in [0.4, 0.5) is 11.6 Å². The van der Waals surface area contributed by atoms with E-state index in [4.69, 9.17) is 11.5 Å². The third kappa shape index (κ3) is 6.44. The van der Waals surface area contributed by atoms with E-state index in [0.717, 1.165) is 34.5 Å². The molecule has 14 nitrogen and oxygen atoms in total. The van der Waals surface area contributed by atoms with Crippen LogP contribution >= 0.6 is 11.8 Å². The Labute approximate surface area is 290 Å². The van der Waals surface area contributed by atoms with Crippen molar-refractivity contribution in [2.75, 3.05) is 24.0 Å². The molecule has 0 aliphatic heterocycles. The third-order valence-corrected chi connectivity index (χ3v) is 8.81. The maximum atomic E-state index is 11.8. The fraction of sp³-hybridized carbons (Fsp3) is 0.0588. The number of nitrogens with zero attached hydrogens (tertiary/aromatic N) is 10. The minimum atomic E-state index is -3.54. The molecule has 0 aliphatic rings. The van der Waals surface area contributed by atoms with Gasteiger partial charge in [-0.15, -0.1) is 0 Å². The van der Waals surface area contributed by atoms with E-state index in [2.05, 4.69) is 39.9 Å². The van der Waals surface area contributed by atoms with Crippen LogP contribution in [0.25, 0.3) is 56.8 Å². The third-order valence-electron chi connectivity index (χ3n) is 7.39. The lowest BCUT2D eigenvalue weighted by Gasteiger charge is -2.06. The molecule has 2 aromatic carbocycles. The highest BCUT2D eigenvalue weighted by atomic mass is 32.2. The average molecular weight is 701 g/mol. The molecule has 50 heavy (non-hydrogen) atoms. The minimum Gasteiger partial charge on any atom is -0.384 e. The van der Waals surface area contributed by atoms with Gasteiger partial charge in [-0.25, -0.2) is 38.3 Å². The van der Waals surface area contributed by atoms with Crippen LogP contribution in [0.3, 0.4) is 0 Å². The molecule has 0 fully saturated rings. The highest BCUT2D eigenvalue weighted by Gasteiger charge is 2.21. The highest BCUT2D eigenvalue weighted by molar-refractivity contribution is 7.98. The molecule has 0 spiro atoms. The van der Waals surface area contributed by atoms with Crippen molar-refractivity contribution < 1.29 is 8.42 Å². The first-order chi connectivity index (χ1) is 24.2. The topological polar surface area (TPSA) is 198 Å². The lowest BCUT2D eigenvalue weighted by Crippen LogP contribution is -2.05. The standard InChI is InChI=1S/C17H14N6O2S.C17H14N6S/c1-26(24,25)17-19-9-7-12(20-17)15-14(11-5-3-2-4-6-11)22-16-21-13(18)8-10-23(15)16;1-24-17-19-9-7-12(20-17)15-14(11-5-3-2-4-6-11)22-16-21-13(18)8-10-23(15)16/h2-10H,1H3,(H2,18,21,22);2-10H,1H3,(H2,18,21,22). The van der Waals surface area contributed by atoms with Crippen LogP contribution < -0.4 is 11.5 Å². The smallest absolute Gasteiger partial charge is 0.247 e. The number of hydrogen-bond acceptors (Lipinski definition) is 13. The Bertz CT molecular complexity index is 2590. The second kappa shape index (κ2) is 13.3. The van der Waals surface area contributed by atoms with Crippen LogP contribution in [0.1, 0.15) is 0 Å². The van der Waals surface area contributed by atoms with E-state index in [1.54, 1.807) is 35.0 Å². The van der Waals surface area contributed by atoms with Crippen molar-refractivity contribution in [1.29, 1.82) is 0 Å². The number of sulfone groups is 1. The molecule has 0 aliphatic carbocycles. The Morgan fingerprint density at radius 1 is 0.600 bits per heavy atom. The maximum absolute atomic E-state index is 11.8. The normalized spacial score (nSPS) is 11.4. The lowest BCUT2D eigenvalue weighted by atomic mass is 10.1. The molecule has 6 aromatic heterocycles. The number of anilines is 2. The summed E-state index contributed by atoms with van der Waals surface area (Å²) in [5, 5.41) is 0.470. The van der Waals surface area contributed by atoms with Gasteiger partial charge >= 0.3 is 0 Å². The van der Waals surface area contributed by atoms with Crippen LogP contribution in [0, 0.1) is 0 Å². The van der Waals surface area contributed by atoms with E-state index >= 15 is 0 Å². The summed E-state index contributed by atoms with van der Waals surface area (Å²) in [4.78, 5) is 34.8. The zero-order chi connectivity index (χ0) is 34.8. The number of nitrogen functional groups attached to an aromatic ring is 2. The van der Waals surface area contributed by atoms with Crippen molar-refractivity contribution in [3.05, 3.63) is 110 Å². The predicted octanol–water partition coefficient (Wildman–Crippen LogP) is 5.00. The van der Waals surface area contributed by atoms with E-state index in [0.29, 0.717) is 45.4 Å². The second-order valence-corrected chi connectivity index (χ2v) is 13.5. The Balaban J connectivity index is 0.000000157. The molecule has 248 valence electrons. The van der Waals surface area contributed by atoms with Crippen molar-refractivity contribution >= 4 is 44.8 Å². The van der Waals surface area contributed by atoms with Gasteiger partial charge in [0.05, 0.1) is 11.4 Å². The van der Waals surface area contributed by atoms with Crippen LogP contribution in [0.15, 0.2) is 120 Å². The fourth-order valence-corrected chi connectivity index (χ4v) is 6.07. The number of hydrogen-bond donors (Lipinski definition) is 2. The molecule has 0 atom stereocenters. The molecule has 0 saturated carbocycles. The maximum Gasteiger partial charge on any atom is 0.247 e. The van der Waals surface area contributed by atoms with Gasteiger partial charge in [0.25, 0.3) is 0 Å². The van der Waals surface area contributed by atoms with Gasteiger partial charge in [-0.3, -0.25) is 8.80 Å². The van der Waals surface area contributed by atoms with Crippen molar-refractivity contribution in [3.8, 4) is 45.3 Å². The molecular formula is C34H28N12O2S2. The second-order valence-electron chi connectivity index (χ2n) is 10.8. The largest absolute Gasteiger partial charge is 0.384 e. The van der Waals surface area contributed by atoms with Gasteiger partial charge in [-0.1, -0.05) is 72.4 Å². The van der Waals surface area contributed by atoms with Gasteiger partial charge in [0.2, 0.25) is 26.5 Å². The van der Waals surface area contributed by atoms with Gasteiger partial charge in [-0.2, -0.15) is 9.97 Å². The number of thioether (sulfide) groups is 1. The van der Waals surface area contributed by atoms with E-state index < -0.39 is 9.84 Å². The minimum absolute atomic E-state index is 0.243. The molecule has 0 bridgehead atoms. The van der Waals surface area contributed by atoms with Crippen molar-refractivity contribution in [1.82, 2.24) is 48.7 Å². The number of imidazole rings is 2. The summed E-state index contributed by atoms with van der Waals surface area (Å²) in [6.45, 7) is 0. The van der Waals surface area contributed by atoms with E-state index in [-0.39, 0.29) is 5.16 Å². The zero-order valence-electron chi connectivity index (χ0n) is 26.7. The summed E-state index contributed by atoms with van der Waals surface area (Å²) >= 11 is 1.50. The molecule has 0 unspecified atom stereocenters. The van der Waals surface area contributed by atoms with Crippen molar-refractivity contribution in [2.45, 2.75) is 10.3 Å². The SMILES string of the molecule is CS(=O)(=O)c1nccc(-c2c(-c3ccccc3)nc3nc(N)ccn23)n1.CSc1nccc(-c2c(-c3ccccc3)nc3nc(N)ccn23)n1. The number of benzene rings is 2. The summed E-state index contributed by atoms with van der Waals surface area (Å²) in [7, 11) is -3.54.